The number of methoxy groups -OCH3 is 2. The van der Waals surface area contributed by atoms with Crippen LogP contribution in [0.25, 0.3) is 0 Å². The Bertz CT molecular complexity index is 210. The van der Waals surface area contributed by atoms with Crippen molar-refractivity contribution in [2.75, 3.05) is 14.2 Å². The largest absolute Gasteiger partial charge is 0.465 e. The first-order valence-electron chi connectivity index (χ1n) is 2.76. The van der Waals surface area contributed by atoms with E-state index in [9.17, 15) is 9.59 Å². The Morgan fingerprint density at radius 2 is 1.17 bits per heavy atom. The summed E-state index contributed by atoms with van der Waals surface area (Å²) in [6.07, 6.45) is 0. The normalized spacial score (nSPS) is 11.7. The zero-order chi connectivity index (χ0) is 9.72. The molecular formula is C6H6Cl2O4. The van der Waals surface area contributed by atoms with Crippen molar-refractivity contribution in [2.45, 2.75) is 0 Å². The van der Waals surface area contributed by atoms with Gasteiger partial charge in [0.05, 0.1) is 14.2 Å². The molecule has 4 nitrogen and oxygen atoms in total. The summed E-state index contributed by atoms with van der Waals surface area (Å²) in [5.74, 6) is -1.76. The molecule has 68 valence electrons. The van der Waals surface area contributed by atoms with E-state index < -0.39 is 22.0 Å². The van der Waals surface area contributed by atoms with E-state index in [1.807, 2.05) is 0 Å². The second-order valence-electron chi connectivity index (χ2n) is 1.61. The first-order valence-corrected chi connectivity index (χ1v) is 3.52. The molecule has 0 bridgehead atoms. The van der Waals surface area contributed by atoms with Gasteiger partial charge < -0.3 is 9.47 Å². The second kappa shape index (κ2) is 5.00. The molecule has 0 aromatic heterocycles. The average Bonchev–Trinajstić information content (AvgIpc) is 2.12. The van der Waals surface area contributed by atoms with Crippen LogP contribution in [0.4, 0.5) is 0 Å². The summed E-state index contributed by atoms with van der Waals surface area (Å²) in [6.45, 7) is 0. The van der Waals surface area contributed by atoms with Gasteiger partial charge in [-0.3, -0.25) is 0 Å². The van der Waals surface area contributed by atoms with Crippen LogP contribution in [-0.4, -0.2) is 26.2 Å². The zero-order valence-corrected chi connectivity index (χ0v) is 7.90. The zero-order valence-electron chi connectivity index (χ0n) is 6.39. The second-order valence-corrected chi connectivity index (χ2v) is 2.37. The molecule has 0 rings (SSSR count). The first-order chi connectivity index (χ1) is 5.54. The standard InChI is InChI=1S/C6H6Cl2O4/c1-11-5(9)3(7)4(8)6(10)12-2/h1-2H3/b4-3-. The summed E-state index contributed by atoms with van der Waals surface area (Å²) in [6, 6.07) is 0. The van der Waals surface area contributed by atoms with Gasteiger partial charge in [-0.1, -0.05) is 23.2 Å². The maximum absolute atomic E-state index is 10.7. The molecule has 0 saturated heterocycles. The van der Waals surface area contributed by atoms with Crippen molar-refractivity contribution in [3.8, 4) is 0 Å². The lowest BCUT2D eigenvalue weighted by Crippen LogP contribution is -2.08. The molecule has 0 saturated carbocycles. The van der Waals surface area contributed by atoms with Crippen molar-refractivity contribution < 1.29 is 19.1 Å². The average molecular weight is 213 g/mol. The van der Waals surface area contributed by atoms with Crippen molar-refractivity contribution in [3.05, 3.63) is 10.1 Å². The van der Waals surface area contributed by atoms with E-state index in [1.54, 1.807) is 0 Å². The molecule has 0 aromatic rings. The number of rotatable bonds is 2. The number of carbonyl (C=O) groups excluding carboxylic acids is 2. The third kappa shape index (κ3) is 2.71. The van der Waals surface area contributed by atoms with Gasteiger partial charge in [0.25, 0.3) is 0 Å². The molecule has 0 amide bonds. The first kappa shape index (κ1) is 11.3. The summed E-state index contributed by atoms with van der Waals surface area (Å²) in [5, 5.41) is -0.989. The van der Waals surface area contributed by atoms with Gasteiger partial charge in [0.2, 0.25) is 0 Å². The van der Waals surface area contributed by atoms with Crippen LogP contribution in [0, 0.1) is 0 Å². The Hall–Kier alpha value is -0.740. The third-order valence-electron chi connectivity index (χ3n) is 0.922. The van der Waals surface area contributed by atoms with Gasteiger partial charge in [-0.05, 0) is 0 Å². The Kier molecular flexibility index (Phi) is 4.70. The quantitative estimate of drug-likeness (QED) is 0.507. The van der Waals surface area contributed by atoms with Crippen molar-refractivity contribution in [1.82, 2.24) is 0 Å². The van der Waals surface area contributed by atoms with Gasteiger partial charge in [0.1, 0.15) is 0 Å². The predicted octanol–water partition coefficient (Wildman–Crippen LogP) is 1.02. The number of hydrogen-bond acceptors (Lipinski definition) is 4. The molecule has 0 aliphatic heterocycles. The summed E-state index contributed by atoms with van der Waals surface area (Å²) < 4.78 is 8.41. The summed E-state index contributed by atoms with van der Waals surface area (Å²) in [7, 11) is 2.23. The Morgan fingerprint density at radius 3 is 1.33 bits per heavy atom. The highest BCUT2D eigenvalue weighted by atomic mass is 35.5. The lowest BCUT2D eigenvalue weighted by molar-refractivity contribution is -0.138. The van der Waals surface area contributed by atoms with Gasteiger partial charge in [-0.2, -0.15) is 0 Å². The number of halogens is 2. The Labute approximate surface area is 79.0 Å². The summed E-state index contributed by atoms with van der Waals surface area (Å²) in [5.41, 5.74) is 0. The smallest absolute Gasteiger partial charge is 0.351 e. The van der Waals surface area contributed by atoms with Crippen LogP contribution in [0.3, 0.4) is 0 Å². The highest BCUT2D eigenvalue weighted by Gasteiger charge is 2.18. The van der Waals surface area contributed by atoms with Crippen LogP contribution in [-0.2, 0) is 19.1 Å². The highest BCUT2D eigenvalue weighted by Crippen LogP contribution is 2.16. The van der Waals surface area contributed by atoms with Gasteiger partial charge in [0, 0.05) is 0 Å². The Morgan fingerprint density at radius 1 is 0.917 bits per heavy atom. The van der Waals surface area contributed by atoms with E-state index in [0.717, 1.165) is 14.2 Å². The minimum absolute atomic E-state index is 0.494. The third-order valence-corrected chi connectivity index (χ3v) is 1.71. The lowest BCUT2D eigenvalue weighted by Gasteiger charge is -1.99. The van der Waals surface area contributed by atoms with Crippen LogP contribution < -0.4 is 0 Å². The summed E-state index contributed by atoms with van der Waals surface area (Å²) >= 11 is 10.7. The van der Waals surface area contributed by atoms with Crippen molar-refractivity contribution in [2.24, 2.45) is 0 Å². The molecule has 12 heavy (non-hydrogen) atoms. The van der Waals surface area contributed by atoms with Gasteiger partial charge >= 0.3 is 11.9 Å². The van der Waals surface area contributed by atoms with Crippen LogP contribution in [0.1, 0.15) is 0 Å². The maximum atomic E-state index is 10.7. The van der Waals surface area contributed by atoms with E-state index in [4.69, 9.17) is 23.2 Å². The number of hydrogen-bond donors (Lipinski definition) is 0. The van der Waals surface area contributed by atoms with Crippen LogP contribution in [0.2, 0.25) is 0 Å². The fourth-order valence-electron chi connectivity index (χ4n) is 0.358. The van der Waals surface area contributed by atoms with E-state index in [-0.39, 0.29) is 0 Å². The molecule has 6 heteroatoms. The van der Waals surface area contributed by atoms with Crippen LogP contribution in [0.5, 0.6) is 0 Å². The van der Waals surface area contributed by atoms with E-state index >= 15 is 0 Å². The van der Waals surface area contributed by atoms with Crippen molar-refractivity contribution >= 4 is 35.1 Å². The lowest BCUT2D eigenvalue weighted by atomic mass is 10.5. The minimum Gasteiger partial charge on any atom is -0.465 e. The maximum Gasteiger partial charge on any atom is 0.351 e. The van der Waals surface area contributed by atoms with Gasteiger partial charge in [-0.25, -0.2) is 9.59 Å². The molecule has 0 aromatic carbocycles. The molecule has 0 spiro atoms. The monoisotopic (exact) mass is 212 g/mol. The van der Waals surface area contributed by atoms with Gasteiger partial charge in [-0.15, -0.1) is 0 Å². The molecule has 0 heterocycles. The molecule has 0 atom stereocenters. The fraction of sp³-hybridized carbons (Fsp3) is 0.333. The minimum atomic E-state index is -0.882. The van der Waals surface area contributed by atoms with E-state index in [1.165, 1.54) is 0 Å². The molecule has 0 fully saturated rings. The van der Waals surface area contributed by atoms with E-state index in [0.29, 0.717) is 0 Å². The summed E-state index contributed by atoms with van der Waals surface area (Å²) in [4.78, 5) is 21.3. The molecule has 0 aliphatic rings. The number of carbonyl (C=O) groups is 2. The number of ether oxygens (including phenoxy) is 2. The Balaban J connectivity index is 4.68. The number of esters is 2. The van der Waals surface area contributed by atoms with Crippen LogP contribution >= 0.6 is 23.2 Å². The highest BCUT2D eigenvalue weighted by molar-refractivity contribution is 6.53. The van der Waals surface area contributed by atoms with Gasteiger partial charge in [0.15, 0.2) is 10.1 Å². The van der Waals surface area contributed by atoms with Crippen LogP contribution in [0.15, 0.2) is 10.1 Å². The van der Waals surface area contributed by atoms with E-state index in [2.05, 4.69) is 9.47 Å². The molecule has 0 aliphatic carbocycles. The molecule has 0 radical (unpaired) electrons. The van der Waals surface area contributed by atoms with Crippen molar-refractivity contribution in [3.63, 3.8) is 0 Å². The fourth-order valence-corrected chi connectivity index (χ4v) is 0.667. The van der Waals surface area contributed by atoms with Crippen molar-refractivity contribution in [1.29, 1.82) is 0 Å². The molecular weight excluding hydrogens is 207 g/mol. The SMILES string of the molecule is COC(=O)/C(Cl)=C(/Cl)C(=O)OC. The molecule has 0 N–H and O–H groups in total. The topological polar surface area (TPSA) is 52.6 Å². The molecule has 0 unspecified atom stereocenters. The predicted molar refractivity (Wildman–Crippen MR) is 42.8 cm³/mol.